The maximum Gasteiger partial charge on any atom is 0.248 e. The molecule has 1 aromatic carbocycles. The van der Waals surface area contributed by atoms with E-state index in [0.29, 0.717) is 30.7 Å². The van der Waals surface area contributed by atoms with E-state index >= 15 is 0 Å². The second-order valence-electron chi connectivity index (χ2n) is 10.0. The number of alkyl halides is 2. The fraction of sp³-hybridized carbons (Fsp3) is 0.444. The summed E-state index contributed by atoms with van der Waals surface area (Å²) < 4.78 is 31.6. The average Bonchev–Trinajstić information content (AvgIpc) is 3.44. The van der Waals surface area contributed by atoms with Gasteiger partial charge in [-0.15, -0.1) is 0 Å². The van der Waals surface area contributed by atoms with Crippen LogP contribution in [0.4, 0.5) is 14.6 Å². The summed E-state index contributed by atoms with van der Waals surface area (Å²) >= 11 is 0. The Kier molecular flexibility index (Phi) is 7.13. The van der Waals surface area contributed by atoms with Crippen molar-refractivity contribution in [2.45, 2.75) is 64.5 Å². The lowest BCUT2D eigenvalue weighted by molar-refractivity contribution is -0.0195. The molecule has 0 bridgehead atoms. The fourth-order valence-electron chi connectivity index (χ4n) is 4.50. The van der Waals surface area contributed by atoms with Crippen LogP contribution in [0.25, 0.3) is 28.0 Å². The molecule has 0 radical (unpaired) electrons. The van der Waals surface area contributed by atoms with Gasteiger partial charge in [0.25, 0.3) is 0 Å². The lowest BCUT2D eigenvalue weighted by Gasteiger charge is -2.33. The van der Waals surface area contributed by atoms with E-state index in [2.05, 4.69) is 60.2 Å². The molecule has 7 nitrogen and oxygen atoms in total. The van der Waals surface area contributed by atoms with Crippen LogP contribution >= 0.6 is 0 Å². The van der Waals surface area contributed by atoms with Gasteiger partial charge < -0.3 is 10.6 Å². The maximum absolute atomic E-state index is 14.0. The monoisotopic (exact) mass is 495 g/mol. The second-order valence-corrected chi connectivity index (χ2v) is 10.0. The number of benzene rings is 1. The van der Waals surface area contributed by atoms with Gasteiger partial charge in [-0.05, 0) is 58.1 Å². The number of nitrogen functional groups attached to an aromatic ring is 1. The highest BCUT2D eigenvalue weighted by Crippen LogP contribution is 2.36. The van der Waals surface area contributed by atoms with Crippen molar-refractivity contribution in [1.29, 1.82) is 0 Å². The molecule has 4 rings (SSSR count). The third kappa shape index (κ3) is 4.97. The minimum Gasteiger partial charge on any atom is -0.382 e. The van der Waals surface area contributed by atoms with Crippen LogP contribution in [0.5, 0.6) is 0 Å². The first-order chi connectivity index (χ1) is 17.0. The van der Waals surface area contributed by atoms with E-state index < -0.39 is 5.92 Å². The number of halogens is 2. The number of hydrogen-bond donors (Lipinski definition) is 1. The summed E-state index contributed by atoms with van der Waals surface area (Å²) in [6.07, 6.45) is 3.66. The molecule has 0 spiro atoms. The van der Waals surface area contributed by atoms with Crippen LogP contribution in [0.3, 0.4) is 0 Å². The number of hydrogen-bond acceptors (Lipinski definition) is 5. The van der Waals surface area contributed by atoms with Crippen molar-refractivity contribution in [2.24, 2.45) is 0 Å². The van der Waals surface area contributed by atoms with Crippen molar-refractivity contribution >= 4 is 11.3 Å². The molecule has 3 aromatic heterocycles. The first kappa shape index (κ1) is 25.8. The topological polar surface area (TPSA) is 77.3 Å². The van der Waals surface area contributed by atoms with Crippen molar-refractivity contribution < 1.29 is 8.78 Å². The summed E-state index contributed by atoms with van der Waals surface area (Å²) in [7, 11) is 4.12. The minimum absolute atomic E-state index is 0.0932. The first-order valence-corrected chi connectivity index (χ1v) is 12.4. The Morgan fingerprint density at radius 2 is 1.81 bits per heavy atom. The molecule has 0 saturated carbocycles. The molecule has 3 heterocycles. The van der Waals surface area contributed by atoms with Crippen molar-refractivity contribution in [3.8, 4) is 22.5 Å². The zero-order valence-corrected chi connectivity index (χ0v) is 21.7. The number of rotatable bonds is 10. The molecule has 0 unspecified atom stereocenters. The van der Waals surface area contributed by atoms with E-state index in [4.69, 9.17) is 5.73 Å². The molecule has 0 aliphatic rings. The molecule has 36 heavy (non-hydrogen) atoms. The van der Waals surface area contributed by atoms with Crippen molar-refractivity contribution in [1.82, 2.24) is 29.3 Å². The minimum atomic E-state index is -2.65. The molecule has 4 aromatic rings. The van der Waals surface area contributed by atoms with E-state index in [0.717, 1.165) is 22.5 Å². The van der Waals surface area contributed by atoms with E-state index in [1.807, 2.05) is 24.3 Å². The van der Waals surface area contributed by atoms with Gasteiger partial charge in [-0.1, -0.05) is 31.5 Å². The summed E-state index contributed by atoms with van der Waals surface area (Å²) in [5.41, 5.74) is 11.5. The predicted molar refractivity (Wildman–Crippen MR) is 140 cm³/mol. The molecule has 2 N–H and O–H groups in total. The molecule has 0 fully saturated rings. The Morgan fingerprint density at radius 3 is 2.53 bits per heavy atom. The maximum atomic E-state index is 14.0. The molecule has 0 aliphatic carbocycles. The SMILES string of the molecule is CCCC(F)(F)CCCn1nccc1-c1cc(-c2cccc(C(C)(C)N(C)C)c2)n2ncnc(N)c12. The van der Waals surface area contributed by atoms with Crippen LogP contribution in [-0.2, 0) is 12.1 Å². The highest BCUT2D eigenvalue weighted by molar-refractivity contribution is 5.90. The lowest BCUT2D eigenvalue weighted by Crippen LogP contribution is -2.35. The smallest absolute Gasteiger partial charge is 0.248 e. The standard InChI is InChI=1S/C27H35F2N7/c1-6-12-27(28,29)13-8-15-35-22(11-14-32-35)21-17-23(36-24(21)25(30)31-18-33-36)19-9-7-10-20(16-19)26(2,3)34(4)5/h7,9-11,14,16-18H,6,8,12-13,15H2,1-5H3,(H2,30,31,33). The predicted octanol–water partition coefficient (Wildman–Crippen LogP) is 5.85. The first-order valence-electron chi connectivity index (χ1n) is 12.4. The number of aromatic nitrogens is 5. The van der Waals surface area contributed by atoms with E-state index in [9.17, 15) is 8.78 Å². The van der Waals surface area contributed by atoms with Gasteiger partial charge in [-0.2, -0.15) is 10.2 Å². The van der Waals surface area contributed by atoms with Gasteiger partial charge in [0, 0.05) is 42.2 Å². The summed E-state index contributed by atoms with van der Waals surface area (Å²) in [6.45, 7) is 6.51. The Balaban J connectivity index is 1.75. The quantitative estimate of drug-likeness (QED) is 0.298. The van der Waals surface area contributed by atoms with Crippen molar-refractivity contribution in [3.05, 3.63) is 54.5 Å². The van der Waals surface area contributed by atoms with Crippen LogP contribution in [0, 0.1) is 0 Å². The van der Waals surface area contributed by atoms with Crippen molar-refractivity contribution in [2.75, 3.05) is 19.8 Å². The van der Waals surface area contributed by atoms with Crippen LogP contribution in [0.2, 0.25) is 0 Å². The number of aryl methyl sites for hydroxylation is 1. The molecule has 0 atom stereocenters. The zero-order chi connectivity index (χ0) is 26.1. The van der Waals surface area contributed by atoms with E-state index in [1.54, 1.807) is 22.3 Å². The van der Waals surface area contributed by atoms with Crippen LogP contribution < -0.4 is 5.73 Å². The number of fused-ring (bicyclic) bond motifs is 1. The fourth-order valence-corrected chi connectivity index (χ4v) is 4.50. The average molecular weight is 496 g/mol. The summed E-state index contributed by atoms with van der Waals surface area (Å²) in [4.78, 5) is 6.40. The number of nitrogens with zero attached hydrogens (tertiary/aromatic N) is 6. The lowest BCUT2D eigenvalue weighted by atomic mass is 9.91. The van der Waals surface area contributed by atoms with Gasteiger partial charge in [0.2, 0.25) is 5.92 Å². The van der Waals surface area contributed by atoms with E-state index in [1.165, 1.54) is 11.9 Å². The Bertz CT molecular complexity index is 1340. The van der Waals surface area contributed by atoms with Gasteiger partial charge in [-0.3, -0.25) is 4.68 Å². The largest absolute Gasteiger partial charge is 0.382 e. The van der Waals surface area contributed by atoms with Crippen LogP contribution in [-0.4, -0.2) is 49.3 Å². The number of nitrogens with two attached hydrogens (primary N) is 1. The molecular formula is C27H35F2N7. The van der Waals surface area contributed by atoms with Crippen LogP contribution in [0.1, 0.15) is 52.0 Å². The Morgan fingerprint density at radius 1 is 1.03 bits per heavy atom. The molecule has 0 amide bonds. The molecule has 0 saturated heterocycles. The van der Waals surface area contributed by atoms with Gasteiger partial charge in [-0.25, -0.2) is 18.3 Å². The van der Waals surface area contributed by atoms with Crippen molar-refractivity contribution in [3.63, 3.8) is 0 Å². The van der Waals surface area contributed by atoms with Gasteiger partial charge >= 0.3 is 0 Å². The highest BCUT2D eigenvalue weighted by atomic mass is 19.3. The molecule has 9 heteroatoms. The number of anilines is 1. The summed E-state index contributed by atoms with van der Waals surface area (Å²) in [5, 5.41) is 8.92. The third-order valence-corrected chi connectivity index (χ3v) is 7.09. The second kappa shape index (κ2) is 9.97. The molecule has 192 valence electrons. The molecular weight excluding hydrogens is 460 g/mol. The van der Waals surface area contributed by atoms with E-state index in [-0.39, 0.29) is 18.4 Å². The zero-order valence-electron chi connectivity index (χ0n) is 21.7. The normalized spacial score (nSPS) is 12.7. The molecule has 0 aliphatic heterocycles. The van der Waals surface area contributed by atoms with Gasteiger partial charge in [0.1, 0.15) is 11.8 Å². The third-order valence-electron chi connectivity index (χ3n) is 7.09. The van der Waals surface area contributed by atoms with Crippen LogP contribution in [0.15, 0.2) is 48.9 Å². The van der Waals surface area contributed by atoms with Gasteiger partial charge in [0.05, 0.1) is 11.4 Å². The van der Waals surface area contributed by atoms with Gasteiger partial charge in [0.15, 0.2) is 5.82 Å². The Hall–Kier alpha value is -3.33. The summed E-state index contributed by atoms with van der Waals surface area (Å²) in [5.74, 6) is -2.31. The Labute approximate surface area is 210 Å². The highest BCUT2D eigenvalue weighted by Gasteiger charge is 2.27. The summed E-state index contributed by atoms with van der Waals surface area (Å²) in [6, 6.07) is 12.3.